The number of unbranched alkanes of at least 4 members (excludes halogenated alkanes) is 1. The van der Waals surface area contributed by atoms with E-state index in [0.29, 0.717) is 6.54 Å². The lowest BCUT2D eigenvalue weighted by Gasteiger charge is -2.15. The molecule has 2 unspecified atom stereocenters. The van der Waals surface area contributed by atoms with E-state index in [1.54, 1.807) is 0 Å². The van der Waals surface area contributed by atoms with Gasteiger partial charge in [-0.25, -0.2) is 0 Å². The van der Waals surface area contributed by atoms with Crippen LogP contribution in [0.25, 0.3) is 0 Å². The standard InChI is InChI=1S/C8H20NO4P/c1-14(11,12)13-7-8(6-10)4-2-3-5-9/h8,10H,2-7,9H2,1H3,(H,11,12). The Morgan fingerprint density at radius 3 is 2.57 bits per heavy atom. The number of aliphatic hydroxyl groups is 1. The Morgan fingerprint density at radius 1 is 1.50 bits per heavy atom. The zero-order valence-electron chi connectivity index (χ0n) is 8.56. The van der Waals surface area contributed by atoms with E-state index in [2.05, 4.69) is 0 Å². The van der Waals surface area contributed by atoms with Crippen LogP contribution in [0, 0.1) is 5.92 Å². The fraction of sp³-hybridized carbons (Fsp3) is 1.00. The second kappa shape index (κ2) is 7.37. The average Bonchev–Trinajstić information content (AvgIpc) is 2.09. The SMILES string of the molecule is CP(=O)(O)OCC(CO)CCCCN. The van der Waals surface area contributed by atoms with Gasteiger partial charge in [0, 0.05) is 19.2 Å². The van der Waals surface area contributed by atoms with E-state index >= 15 is 0 Å². The summed E-state index contributed by atoms with van der Waals surface area (Å²) < 4.78 is 15.5. The van der Waals surface area contributed by atoms with Crippen molar-refractivity contribution in [3.63, 3.8) is 0 Å². The van der Waals surface area contributed by atoms with Crippen LogP contribution in [0.15, 0.2) is 0 Å². The molecule has 0 bridgehead atoms. The maximum absolute atomic E-state index is 10.8. The molecule has 0 saturated carbocycles. The largest absolute Gasteiger partial charge is 0.396 e. The van der Waals surface area contributed by atoms with Crippen molar-refractivity contribution in [1.29, 1.82) is 0 Å². The molecule has 0 aliphatic heterocycles. The minimum absolute atomic E-state index is 0.0232. The summed E-state index contributed by atoms with van der Waals surface area (Å²) in [4.78, 5) is 8.87. The molecule has 0 spiro atoms. The van der Waals surface area contributed by atoms with Gasteiger partial charge in [0.05, 0.1) is 6.61 Å². The van der Waals surface area contributed by atoms with Crippen molar-refractivity contribution in [2.45, 2.75) is 19.3 Å². The lowest BCUT2D eigenvalue weighted by Crippen LogP contribution is -2.13. The normalized spacial score (nSPS) is 17.7. The fourth-order valence-electron chi connectivity index (χ4n) is 1.05. The number of hydrogen-bond donors (Lipinski definition) is 3. The molecule has 4 N–H and O–H groups in total. The van der Waals surface area contributed by atoms with Crippen LogP contribution in [0.4, 0.5) is 0 Å². The highest BCUT2D eigenvalue weighted by Crippen LogP contribution is 2.37. The zero-order chi connectivity index (χ0) is 11.0. The molecule has 5 nitrogen and oxygen atoms in total. The first kappa shape index (κ1) is 14.1. The van der Waals surface area contributed by atoms with Crippen LogP contribution in [-0.2, 0) is 9.09 Å². The van der Waals surface area contributed by atoms with Crippen molar-refractivity contribution in [3.05, 3.63) is 0 Å². The van der Waals surface area contributed by atoms with E-state index in [1.807, 2.05) is 0 Å². The van der Waals surface area contributed by atoms with Gasteiger partial charge < -0.3 is 20.3 Å². The molecule has 0 aromatic carbocycles. The smallest absolute Gasteiger partial charge is 0.325 e. The summed E-state index contributed by atoms with van der Waals surface area (Å²) in [6.45, 7) is 1.88. The van der Waals surface area contributed by atoms with Gasteiger partial charge in [-0.3, -0.25) is 4.57 Å². The third-order valence-electron chi connectivity index (χ3n) is 1.87. The van der Waals surface area contributed by atoms with Gasteiger partial charge in [-0.2, -0.15) is 0 Å². The summed E-state index contributed by atoms with van der Waals surface area (Å²) in [5.74, 6) is -0.0676. The summed E-state index contributed by atoms with van der Waals surface area (Å²) in [7, 11) is -3.41. The van der Waals surface area contributed by atoms with Gasteiger partial charge in [0.25, 0.3) is 0 Å². The third kappa shape index (κ3) is 8.66. The Labute approximate surface area is 84.8 Å². The summed E-state index contributed by atoms with van der Waals surface area (Å²) in [5.41, 5.74) is 5.32. The van der Waals surface area contributed by atoms with Crippen LogP contribution in [-0.4, -0.2) is 36.4 Å². The van der Waals surface area contributed by atoms with E-state index < -0.39 is 7.60 Å². The van der Waals surface area contributed by atoms with Crippen molar-refractivity contribution in [3.8, 4) is 0 Å². The topological polar surface area (TPSA) is 92.8 Å². The second-order valence-electron chi connectivity index (χ2n) is 3.43. The molecule has 86 valence electrons. The van der Waals surface area contributed by atoms with Gasteiger partial charge in [0.15, 0.2) is 0 Å². The molecule has 0 amide bonds. The van der Waals surface area contributed by atoms with Crippen LogP contribution in [0.3, 0.4) is 0 Å². The van der Waals surface area contributed by atoms with Crippen molar-refractivity contribution in [2.24, 2.45) is 11.7 Å². The van der Waals surface area contributed by atoms with Gasteiger partial charge in [0.2, 0.25) is 0 Å². The van der Waals surface area contributed by atoms with Crippen molar-refractivity contribution in [2.75, 3.05) is 26.4 Å². The highest BCUT2D eigenvalue weighted by molar-refractivity contribution is 7.51. The molecule has 0 fully saturated rings. The van der Waals surface area contributed by atoms with Crippen LogP contribution in [0.1, 0.15) is 19.3 Å². The Hall–Kier alpha value is 0.0700. The lowest BCUT2D eigenvalue weighted by molar-refractivity contribution is 0.145. The van der Waals surface area contributed by atoms with E-state index in [9.17, 15) is 4.57 Å². The van der Waals surface area contributed by atoms with E-state index in [1.165, 1.54) is 0 Å². The van der Waals surface area contributed by atoms with E-state index in [-0.39, 0.29) is 19.1 Å². The van der Waals surface area contributed by atoms with Crippen molar-refractivity contribution < 1.29 is 19.1 Å². The molecule has 0 saturated heterocycles. The number of nitrogens with two attached hydrogens (primary N) is 1. The molecule has 0 heterocycles. The molecule has 0 aromatic heterocycles. The van der Waals surface area contributed by atoms with Crippen LogP contribution in [0.5, 0.6) is 0 Å². The molecular formula is C8H20NO4P. The molecule has 14 heavy (non-hydrogen) atoms. The Bertz CT molecular complexity index is 182. The first-order valence-electron chi connectivity index (χ1n) is 4.75. The first-order chi connectivity index (χ1) is 6.49. The highest BCUT2D eigenvalue weighted by atomic mass is 31.2. The van der Waals surface area contributed by atoms with Crippen LogP contribution < -0.4 is 5.73 Å². The number of aliphatic hydroxyl groups excluding tert-OH is 1. The first-order valence-corrected chi connectivity index (χ1v) is 6.77. The van der Waals surface area contributed by atoms with Crippen molar-refractivity contribution >= 4 is 7.60 Å². The minimum atomic E-state index is -3.41. The zero-order valence-corrected chi connectivity index (χ0v) is 9.45. The predicted molar refractivity (Wildman–Crippen MR) is 55.2 cm³/mol. The minimum Gasteiger partial charge on any atom is -0.396 e. The summed E-state index contributed by atoms with van der Waals surface area (Å²) in [5, 5.41) is 8.94. The van der Waals surface area contributed by atoms with Crippen LogP contribution in [0.2, 0.25) is 0 Å². The predicted octanol–water partition coefficient (Wildman–Crippen LogP) is 0.556. The molecule has 0 aliphatic carbocycles. The molecule has 6 heteroatoms. The average molecular weight is 225 g/mol. The Morgan fingerprint density at radius 2 is 2.14 bits per heavy atom. The van der Waals surface area contributed by atoms with E-state index in [4.69, 9.17) is 20.3 Å². The van der Waals surface area contributed by atoms with Gasteiger partial charge in [-0.1, -0.05) is 6.42 Å². The van der Waals surface area contributed by atoms with Gasteiger partial charge in [-0.15, -0.1) is 0 Å². The van der Waals surface area contributed by atoms with Crippen molar-refractivity contribution in [1.82, 2.24) is 0 Å². The fourth-order valence-corrected chi connectivity index (χ4v) is 1.54. The second-order valence-corrected chi connectivity index (χ2v) is 5.30. The molecule has 0 radical (unpaired) electrons. The molecular weight excluding hydrogens is 205 g/mol. The molecule has 0 rings (SSSR count). The quantitative estimate of drug-likeness (QED) is 0.414. The molecule has 2 atom stereocenters. The Kier molecular flexibility index (Phi) is 7.41. The van der Waals surface area contributed by atoms with E-state index in [0.717, 1.165) is 25.9 Å². The maximum atomic E-state index is 10.8. The maximum Gasteiger partial charge on any atom is 0.325 e. The third-order valence-corrected chi connectivity index (χ3v) is 2.50. The molecule has 0 aromatic rings. The number of rotatable bonds is 8. The monoisotopic (exact) mass is 225 g/mol. The van der Waals surface area contributed by atoms with Gasteiger partial charge in [0.1, 0.15) is 0 Å². The summed E-state index contributed by atoms with van der Waals surface area (Å²) in [6, 6.07) is 0. The van der Waals surface area contributed by atoms with Crippen LogP contribution >= 0.6 is 7.60 Å². The molecule has 0 aliphatic rings. The summed E-state index contributed by atoms with van der Waals surface area (Å²) in [6.07, 6.45) is 2.58. The summed E-state index contributed by atoms with van der Waals surface area (Å²) >= 11 is 0. The Balaban J connectivity index is 3.63. The number of hydrogen-bond acceptors (Lipinski definition) is 4. The van der Waals surface area contributed by atoms with Gasteiger partial charge in [-0.05, 0) is 19.4 Å². The van der Waals surface area contributed by atoms with Gasteiger partial charge >= 0.3 is 7.60 Å². The lowest BCUT2D eigenvalue weighted by atomic mass is 10.0. The highest BCUT2D eigenvalue weighted by Gasteiger charge is 2.14.